The quantitative estimate of drug-likeness (QED) is 0.467. The summed E-state index contributed by atoms with van der Waals surface area (Å²) in [5.74, 6) is 0. The van der Waals surface area contributed by atoms with Gasteiger partial charge in [-0.2, -0.15) is 31.4 Å². The smallest absolute Gasteiger partial charge is 0.353 e. The first kappa shape index (κ1) is 21.6. The number of allylic oxidation sites excluding steroid dienone is 1. The Morgan fingerprint density at radius 2 is 1.79 bits per heavy atom. The van der Waals surface area contributed by atoms with Gasteiger partial charge in [-0.3, -0.25) is 0 Å². The highest BCUT2D eigenvalue weighted by molar-refractivity contribution is 8.00. The Morgan fingerprint density at radius 1 is 1.14 bits per heavy atom. The summed E-state index contributed by atoms with van der Waals surface area (Å²) in [4.78, 5) is 1.81. The summed E-state index contributed by atoms with van der Waals surface area (Å²) in [6, 6.07) is 1.03. The second-order valence-corrected chi connectivity index (χ2v) is 7.50. The molecular weight excluding hydrogens is 418 g/mol. The van der Waals surface area contributed by atoms with E-state index in [1.807, 2.05) is 11.0 Å². The maximum atomic E-state index is 13.9. The van der Waals surface area contributed by atoms with Gasteiger partial charge >= 0.3 is 12.4 Å². The van der Waals surface area contributed by atoms with Crippen molar-refractivity contribution >= 4 is 18.2 Å². The van der Waals surface area contributed by atoms with Crippen molar-refractivity contribution in [2.24, 2.45) is 5.10 Å². The standard InChI is InChI=1S/C18H18F6N4S/c1-3-27(29-15-11-26(2)14-5-4-10-25-28(14)15)16(18(22,23)24)12-6-8-13(9-7-12)17(19,20)21/h4-11,14,16H,3H2,1-2H3/t14?,16-/m1/s1. The Kier molecular flexibility index (Phi) is 5.91. The van der Waals surface area contributed by atoms with Crippen LogP contribution in [0.5, 0.6) is 0 Å². The van der Waals surface area contributed by atoms with Crippen molar-refractivity contribution < 1.29 is 26.3 Å². The molecule has 0 fully saturated rings. The molecule has 0 bridgehead atoms. The maximum Gasteiger partial charge on any atom is 0.416 e. The summed E-state index contributed by atoms with van der Waals surface area (Å²) in [5, 5.41) is 6.28. The topological polar surface area (TPSA) is 22.1 Å². The van der Waals surface area contributed by atoms with E-state index >= 15 is 0 Å². The van der Waals surface area contributed by atoms with Crippen LogP contribution in [-0.2, 0) is 6.18 Å². The van der Waals surface area contributed by atoms with Crippen LogP contribution in [0.4, 0.5) is 26.3 Å². The molecule has 0 saturated carbocycles. The summed E-state index contributed by atoms with van der Waals surface area (Å²) in [5.41, 5.74) is -1.25. The van der Waals surface area contributed by atoms with Gasteiger partial charge in [-0.15, -0.1) is 0 Å². The van der Waals surface area contributed by atoms with E-state index in [0.717, 1.165) is 28.4 Å². The van der Waals surface area contributed by atoms with Gasteiger partial charge in [0, 0.05) is 26.0 Å². The molecule has 1 aromatic rings. The SMILES string of the molecule is CCN(SC1=CN(C)C2C=CC=NN12)[C@H](c1ccc(C(F)(F)F)cc1)C(F)(F)F. The number of likely N-dealkylation sites (N-methyl/N-ethyl adjacent to an activating group) is 1. The normalized spacial score (nSPS) is 20.3. The molecule has 2 aliphatic rings. The number of halogens is 6. The minimum atomic E-state index is -4.68. The second kappa shape index (κ2) is 7.94. The Labute approximate surface area is 168 Å². The van der Waals surface area contributed by atoms with E-state index in [0.29, 0.717) is 17.2 Å². The molecule has 158 valence electrons. The average Bonchev–Trinajstić information content (AvgIpc) is 2.96. The number of hydrogen-bond donors (Lipinski definition) is 0. The van der Waals surface area contributed by atoms with Crippen LogP contribution in [0, 0.1) is 0 Å². The predicted molar refractivity (Wildman–Crippen MR) is 99.3 cm³/mol. The summed E-state index contributed by atoms with van der Waals surface area (Å²) in [7, 11) is 1.78. The van der Waals surface area contributed by atoms with Crippen molar-refractivity contribution in [1.29, 1.82) is 0 Å². The van der Waals surface area contributed by atoms with Gasteiger partial charge in [0.2, 0.25) is 0 Å². The van der Waals surface area contributed by atoms with E-state index in [1.54, 1.807) is 31.3 Å². The second-order valence-electron chi connectivity index (χ2n) is 6.43. The lowest BCUT2D eigenvalue weighted by molar-refractivity contribution is -0.172. The molecule has 29 heavy (non-hydrogen) atoms. The number of hydrazone groups is 1. The summed E-state index contributed by atoms with van der Waals surface area (Å²) in [6.45, 7) is 1.57. The van der Waals surface area contributed by atoms with Crippen molar-refractivity contribution in [3.63, 3.8) is 0 Å². The maximum absolute atomic E-state index is 13.9. The molecule has 0 aliphatic carbocycles. The van der Waals surface area contributed by atoms with Gasteiger partial charge in [-0.1, -0.05) is 19.1 Å². The monoisotopic (exact) mass is 436 g/mol. The lowest BCUT2D eigenvalue weighted by Gasteiger charge is -2.33. The van der Waals surface area contributed by atoms with Gasteiger partial charge in [-0.05, 0) is 41.8 Å². The zero-order chi connectivity index (χ0) is 21.4. The zero-order valence-corrected chi connectivity index (χ0v) is 16.3. The molecule has 0 N–H and O–H groups in total. The highest BCUT2D eigenvalue weighted by Gasteiger charge is 2.46. The Hall–Kier alpha value is -2.14. The van der Waals surface area contributed by atoms with Crippen LogP contribution in [0.3, 0.4) is 0 Å². The fourth-order valence-electron chi connectivity index (χ4n) is 3.07. The average molecular weight is 436 g/mol. The number of hydrogen-bond acceptors (Lipinski definition) is 5. The van der Waals surface area contributed by atoms with Gasteiger partial charge in [0.05, 0.1) is 5.56 Å². The van der Waals surface area contributed by atoms with Gasteiger partial charge in [-0.25, -0.2) is 9.31 Å². The lowest BCUT2D eigenvalue weighted by atomic mass is 10.0. The molecule has 0 saturated heterocycles. The first-order chi connectivity index (χ1) is 13.5. The van der Waals surface area contributed by atoms with Gasteiger partial charge < -0.3 is 4.90 Å². The van der Waals surface area contributed by atoms with E-state index in [1.165, 1.54) is 6.21 Å². The molecule has 2 aliphatic heterocycles. The number of benzene rings is 1. The van der Waals surface area contributed by atoms with Gasteiger partial charge in [0.15, 0.2) is 0 Å². The highest BCUT2D eigenvalue weighted by atomic mass is 32.2. The lowest BCUT2D eigenvalue weighted by Crippen LogP contribution is -2.37. The van der Waals surface area contributed by atoms with Crippen molar-refractivity contribution in [3.8, 4) is 0 Å². The van der Waals surface area contributed by atoms with Crippen LogP contribution in [-0.4, -0.2) is 46.4 Å². The van der Waals surface area contributed by atoms with E-state index < -0.39 is 24.0 Å². The zero-order valence-electron chi connectivity index (χ0n) is 15.4. The molecule has 1 aromatic carbocycles. The molecule has 11 heteroatoms. The molecule has 0 aromatic heterocycles. The molecule has 0 spiro atoms. The van der Waals surface area contributed by atoms with Crippen molar-refractivity contribution in [1.82, 2.24) is 14.2 Å². The number of alkyl halides is 6. The van der Waals surface area contributed by atoms with E-state index in [4.69, 9.17) is 0 Å². The largest absolute Gasteiger partial charge is 0.416 e. The number of fused-ring (bicyclic) bond motifs is 1. The van der Waals surface area contributed by atoms with Crippen LogP contribution >= 0.6 is 11.9 Å². The van der Waals surface area contributed by atoms with Gasteiger partial charge in [0.1, 0.15) is 17.2 Å². The Balaban J connectivity index is 1.88. The fourth-order valence-corrected chi connectivity index (χ4v) is 4.24. The summed E-state index contributed by atoms with van der Waals surface area (Å²) in [6.07, 6.45) is -2.70. The molecule has 0 radical (unpaired) electrons. The Morgan fingerprint density at radius 3 is 2.34 bits per heavy atom. The van der Waals surface area contributed by atoms with E-state index in [2.05, 4.69) is 5.10 Å². The minimum Gasteiger partial charge on any atom is -0.353 e. The van der Waals surface area contributed by atoms with Crippen LogP contribution in [0.2, 0.25) is 0 Å². The predicted octanol–water partition coefficient (Wildman–Crippen LogP) is 5.21. The third-order valence-corrected chi connectivity index (χ3v) is 5.63. The molecule has 0 amide bonds. The van der Waals surface area contributed by atoms with Crippen molar-refractivity contribution in [3.05, 3.63) is 58.8 Å². The molecular formula is C18H18F6N4S. The van der Waals surface area contributed by atoms with Crippen LogP contribution in [0.25, 0.3) is 0 Å². The third kappa shape index (κ3) is 4.55. The van der Waals surface area contributed by atoms with Crippen LogP contribution in [0.15, 0.2) is 52.7 Å². The van der Waals surface area contributed by atoms with Gasteiger partial charge in [0.25, 0.3) is 0 Å². The summed E-state index contributed by atoms with van der Waals surface area (Å²) < 4.78 is 81.1. The number of nitrogens with zero attached hydrogens (tertiary/aromatic N) is 4. The molecule has 2 heterocycles. The number of rotatable bonds is 5. The van der Waals surface area contributed by atoms with Crippen LogP contribution < -0.4 is 0 Å². The first-order valence-electron chi connectivity index (χ1n) is 8.64. The van der Waals surface area contributed by atoms with E-state index in [9.17, 15) is 26.3 Å². The van der Waals surface area contributed by atoms with Crippen molar-refractivity contribution in [2.45, 2.75) is 31.5 Å². The molecule has 2 atom stereocenters. The first-order valence-corrected chi connectivity index (χ1v) is 9.42. The third-order valence-electron chi connectivity index (χ3n) is 4.44. The highest BCUT2D eigenvalue weighted by Crippen LogP contribution is 2.45. The van der Waals surface area contributed by atoms with Crippen LogP contribution in [0.1, 0.15) is 24.1 Å². The summed E-state index contributed by atoms with van der Waals surface area (Å²) >= 11 is 0.870. The molecule has 1 unspecified atom stereocenters. The molecule has 4 nitrogen and oxygen atoms in total. The van der Waals surface area contributed by atoms with E-state index in [-0.39, 0.29) is 18.3 Å². The fraction of sp³-hybridized carbons (Fsp3) is 0.389. The van der Waals surface area contributed by atoms with Crippen molar-refractivity contribution in [2.75, 3.05) is 13.6 Å². The Bertz CT molecular complexity index is 815. The molecule has 3 rings (SSSR count). The minimum absolute atomic E-state index is 0.00891.